The molecule has 2 aromatic rings. The van der Waals surface area contributed by atoms with E-state index < -0.39 is 18.6 Å². The Morgan fingerprint density at radius 2 is 1.97 bits per heavy atom. The number of ketones is 1. The van der Waals surface area contributed by atoms with Crippen LogP contribution in [0.4, 0.5) is 13.2 Å². The Morgan fingerprint density at radius 3 is 2.66 bits per heavy atom. The van der Waals surface area contributed by atoms with E-state index in [0.717, 1.165) is 30.0 Å². The molecule has 0 N–H and O–H groups in total. The smallest absolute Gasteiger partial charge is 0.406 e. The van der Waals surface area contributed by atoms with E-state index in [1.807, 2.05) is 30.3 Å². The summed E-state index contributed by atoms with van der Waals surface area (Å²) >= 11 is 0. The van der Waals surface area contributed by atoms with Gasteiger partial charge >= 0.3 is 6.18 Å². The molecule has 5 nitrogen and oxygen atoms in total. The molecule has 1 aromatic heterocycles. The minimum Gasteiger partial charge on any atom is -0.455 e. The molecule has 0 spiro atoms. The summed E-state index contributed by atoms with van der Waals surface area (Å²) in [5, 5.41) is 0. The Bertz CT molecular complexity index is 984. The number of halogens is 3. The van der Waals surface area contributed by atoms with Crippen LogP contribution in [0.5, 0.6) is 0 Å². The van der Waals surface area contributed by atoms with Gasteiger partial charge in [-0.05, 0) is 37.8 Å². The molecule has 0 unspecified atom stereocenters. The molecule has 1 aromatic carbocycles. The molecule has 2 heterocycles. The molecule has 1 aliphatic carbocycles. The first-order chi connectivity index (χ1) is 15.2. The van der Waals surface area contributed by atoms with E-state index >= 15 is 0 Å². The van der Waals surface area contributed by atoms with Gasteiger partial charge in [-0.25, -0.2) is 0 Å². The van der Waals surface area contributed by atoms with Gasteiger partial charge in [-0.2, -0.15) is 13.2 Å². The first-order valence-corrected chi connectivity index (χ1v) is 11.0. The fraction of sp³-hybridized carbons (Fsp3) is 0.500. The maximum Gasteiger partial charge on any atom is 0.406 e. The largest absolute Gasteiger partial charge is 0.455 e. The predicted octanol–water partition coefficient (Wildman–Crippen LogP) is 4.63. The molecule has 1 atom stereocenters. The summed E-state index contributed by atoms with van der Waals surface area (Å²) in [7, 11) is 0. The van der Waals surface area contributed by atoms with Crippen molar-refractivity contribution in [3.63, 3.8) is 0 Å². The van der Waals surface area contributed by atoms with Crippen molar-refractivity contribution < 1.29 is 27.2 Å². The first kappa shape index (κ1) is 22.6. The summed E-state index contributed by atoms with van der Waals surface area (Å²) < 4.78 is 45.6. The highest BCUT2D eigenvalue weighted by Gasteiger charge is 2.38. The van der Waals surface area contributed by atoms with Gasteiger partial charge < -0.3 is 9.32 Å². The van der Waals surface area contributed by atoms with E-state index in [1.54, 1.807) is 6.92 Å². The number of amides is 1. The maximum atomic E-state index is 13.3. The Labute approximate surface area is 185 Å². The Balaban J connectivity index is 1.48. The number of fused-ring (bicyclic) bond motifs is 1. The highest BCUT2D eigenvalue weighted by Crippen LogP contribution is 2.31. The van der Waals surface area contributed by atoms with Crippen LogP contribution in [0.25, 0.3) is 0 Å². The Kier molecular flexibility index (Phi) is 6.42. The van der Waals surface area contributed by atoms with Crippen LogP contribution < -0.4 is 0 Å². The maximum absolute atomic E-state index is 13.3. The number of alkyl halides is 3. The fourth-order valence-electron chi connectivity index (χ4n) is 4.79. The summed E-state index contributed by atoms with van der Waals surface area (Å²) in [6, 6.07) is 9.91. The van der Waals surface area contributed by atoms with Crippen LogP contribution in [0.2, 0.25) is 0 Å². The second kappa shape index (κ2) is 9.10. The fourth-order valence-corrected chi connectivity index (χ4v) is 4.79. The van der Waals surface area contributed by atoms with Crippen molar-refractivity contribution in [2.45, 2.75) is 45.3 Å². The normalized spacial score (nSPS) is 19.2. The first-order valence-electron chi connectivity index (χ1n) is 11.0. The molecule has 2 aliphatic rings. The van der Waals surface area contributed by atoms with Gasteiger partial charge in [-0.1, -0.05) is 30.3 Å². The van der Waals surface area contributed by atoms with Crippen molar-refractivity contribution in [2.24, 2.45) is 5.92 Å². The number of rotatable bonds is 6. The Hall–Kier alpha value is -2.61. The molecule has 1 aliphatic heterocycles. The molecule has 0 bridgehead atoms. The zero-order valence-corrected chi connectivity index (χ0v) is 18.1. The van der Waals surface area contributed by atoms with Crippen molar-refractivity contribution in [1.82, 2.24) is 9.80 Å². The van der Waals surface area contributed by atoms with Gasteiger partial charge in [0, 0.05) is 38.0 Å². The monoisotopic (exact) mass is 448 g/mol. The van der Waals surface area contributed by atoms with Gasteiger partial charge in [-0.15, -0.1) is 0 Å². The molecule has 1 fully saturated rings. The van der Waals surface area contributed by atoms with E-state index in [4.69, 9.17) is 4.42 Å². The van der Waals surface area contributed by atoms with Gasteiger partial charge in [0.05, 0.1) is 5.56 Å². The Morgan fingerprint density at radius 1 is 1.22 bits per heavy atom. The van der Waals surface area contributed by atoms with Crippen LogP contribution >= 0.6 is 0 Å². The summed E-state index contributed by atoms with van der Waals surface area (Å²) in [5.74, 6) is -0.668. The van der Waals surface area contributed by atoms with Crippen molar-refractivity contribution in [3.05, 3.63) is 58.5 Å². The lowest BCUT2D eigenvalue weighted by Crippen LogP contribution is -2.42. The van der Waals surface area contributed by atoms with Crippen LogP contribution in [-0.2, 0) is 13.0 Å². The average molecular weight is 448 g/mol. The number of furan rings is 1. The third-order valence-electron chi connectivity index (χ3n) is 6.26. The summed E-state index contributed by atoms with van der Waals surface area (Å²) in [6.45, 7) is 2.39. The van der Waals surface area contributed by atoms with Gasteiger partial charge in [0.2, 0.25) is 0 Å². The molecule has 4 rings (SSSR count). The molecular formula is C24H27F3N2O3. The standard InChI is InChI=1S/C24H27F3N2O3/c1-16-21-19(30)8-5-9-20(21)32-22(16)23(31)29(15-24(25,26)27)14-18-10-11-28(13-18)12-17-6-3-2-4-7-17/h2-4,6-7,18H,5,8-15H2,1H3/t18-/m0/s1. The number of Topliss-reactive ketones (excluding diaryl/α,β-unsaturated/α-hetero) is 1. The predicted molar refractivity (Wildman–Crippen MR) is 112 cm³/mol. The third kappa shape index (κ3) is 5.06. The number of hydrogen-bond donors (Lipinski definition) is 0. The zero-order valence-electron chi connectivity index (χ0n) is 18.1. The van der Waals surface area contributed by atoms with Crippen molar-refractivity contribution in [1.29, 1.82) is 0 Å². The molecule has 0 saturated carbocycles. The second-order valence-electron chi connectivity index (χ2n) is 8.81. The third-order valence-corrected chi connectivity index (χ3v) is 6.26. The molecule has 172 valence electrons. The quantitative estimate of drug-likeness (QED) is 0.647. The second-order valence-corrected chi connectivity index (χ2v) is 8.81. The molecular weight excluding hydrogens is 421 g/mol. The number of carbonyl (C=O) groups excluding carboxylic acids is 2. The number of nitrogens with zero attached hydrogens (tertiary/aromatic N) is 2. The van der Waals surface area contributed by atoms with E-state index in [2.05, 4.69) is 4.90 Å². The van der Waals surface area contributed by atoms with E-state index in [1.165, 1.54) is 0 Å². The topological polar surface area (TPSA) is 53.8 Å². The minimum atomic E-state index is -4.52. The van der Waals surface area contributed by atoms with E-state index in [9.17, 15) is 22.8 Å². The number of aryl methyl sites for hydroxylation is 1. The van der Waals surface area contributed by atoms with Crippen molar-refractivity contribution in [2.75, 3.05) is 26.2 Å². The van der Waals surface area contributed by atoms with Crippen molar-refractivity contribution in [3.8, 4) is 0 Å². The SMILES string of the molecule is Cc1c(C(=O)N(C[C@H]2CCN(Cc3ccccc3)C2)CC(F)(F)F)oc2c1C(=O)CCC2. The number of benzene rings is 1. The number of carbonyl (C=O) groups is 2. The lowest BCUT2D eigenvalue weighted by atomic mass is 9.94. The van der Waals surface area contributed by atoms with Gasteiger partial charge in [0.15, 0.2) is 11.5 Å². The average Bonchev–Trinajstić information content (AvgIpc) is 3.31. The van der Waals surface area contributed by atoms with E-state index in [0.29, 0.717) is 42.7 Å². The summed E-state index contributed by atoms with van der Waals surface area (Å²) in [5.41, 5.74) is 1.89. The van der Waals surface area contributed by atoms with Crippen LogP contribution in [0.1, 0.15) is 57.1 Å². The zero-order chi connectivity index (χ0) is 22.9. The van der Waals surface area contributed by atoms with Gasteiger partial charge in [-0.3, -0.25) is 14.5 Å². The van der Waals surface area contributed by atoms with Crippen LogP contribution in [0.3, 0.4) is 0 Å². The summed E-state index contributed by atoms with van der Waals surface area (Å²) in [4.78, 5) is 28.4. The molecule has 1 saturated heterocycles. The lowest BCUT2D eigenvalue weighted by molar-refractivity contribution is -0.141. The number of likely N-dealkylation sites (tertiary alicyclic amines) is 1. The van der Waals surface area contributed by atoms with Crippen LogP contribution in [0, 0.1) is 12.8 Å². The highest BCUT2D eigenvalue weighted by atomic mass is 19.4. The van der Waals surface area contributed by atoms with Crippen LogP contribution in [0.15, 0.2) is 34.7 Å². The molecule has 1 amide bonds. The lowest BCUT2D eigenvalue weighted by Gasteiger charge is -2.26. The van der Waals surface area contributed by atoms with Crippen LogP contribution in [-0.4, -0.2) is 53.8 Å². The van der Waals surface area contributed by atoms with Gasteiger partial charge in [0.25, 0.3) is 5.91 Å². The molecule has 32 heavy (non-hydrogen) atoms. The summed E-state index contributed by atoms with van der Waals surface area (Å²) in [6.07, 6.45) is -2.29. The van der Waals surface area contributed by atoms with Crippen molar-refractivity contribution >= 4 is 11.7 Å². The number of hydrogen-bond acceptors (Lipinski definition) is 4. The van der Waals surface area contributed by atoms with E-state index in [-0.39, 0.29) is 24.0 Å². The molecule has 0 radical (unpaired) electrons. The van der Waals surface area contributed by atoms with Gasteiger partial charge in [0.1, 0.15) is 12.3 Å². The molecule has 8 heteroatoms. The highest BCUT2D eigenvalue weighted by molar-refractivity contribution is 6.03. The minimum absolute atomic E-state index is 0.00237.